The van der Waals surface area contributed by atoms with Crippen molar-refractivity contribution in [3.63, 3.8) is 0 Å². The van der Waals surface area contributed by atoms with Gasteiger partial charge in [0.15, 0.2) is 0 Å². The van der Waals surface area contributed by atoms with Crippen LogP contribution in [0.2, 0.25) is 0 Å². The lowest BCUT2D eigenvalue weighted by Crippen LogP contribution is -2.48. The number of nitrogens with two attached hydrogens (primary N) is 1. The Hall–Kier alpha value is -0.580. The zero-order valence-corrected chi connectivity index (χ0v) is 12.6. The number of rotatable bonds is 3. The first kappa shape index (κ1) is 13.8. The van der Waals surface area contributed by atoms with Gasteiger partial charge in [0.1, 0.15) is 0 Å². The normalized spacial score (nSPS) is 24.3. The highest BCUT2D eigenvalue weighted by atomic mass is 79.9. The Kier molecular flexibility index (Phi) is 4.65. The molecule has 1 aliphatic heterocycles. The molecule has 1 aromatic carbocycles. The molecule has 0 aliphatic carbocycles. The summed E-state index contributed by atoms with van der Waals surface area (Å²) in [4.78, 5) is 2.44. The first-order chi connectivity index (χ1) is 8.65. The van der Waals surface area contributed by atoms with E-state index in [0.29, 0.717) is 12.6 Å². The maximum atomic E-state index is 5.74. The van der Waals surface area contributed by atoms with E-state index in [9.17, 15) is 0 Å². The molecule has 2 unspecified atom stereocenters. The predicted molar refractivity (Wildman–Crippen MR) is 78.9 cm³/mol. The van der Waals surface area contributed by atoms with Gasteiger partial charge in [-0.3, -0.25) is 0 Å². The smallest absolute Gasteiger partial charge is 0.0723 e. The molecule has 2 atom stereocenters. The second-order valence-corrected chi connectivity index (χ2v) is 5.70. The number of hydrogen-bond acceptors (Lipinski definition) is 3. The van der Waals surface area contributed by atoms with Crippen molar-refractivity contribution >= 4 is 21.6 Å². The molecule has 1 aromatic rings. The van der Waals surface area contributed by atoms with Crippen LogP contribution in [0.25, 0.3) is 0 Å². The van der Waals surface area contributed by atoms with E-state index in [1.54, 1.807) is 0 Å². The van der Waals surface area contributed by atoms with Crippen LogP contribution in [-0.2, 0) is 11.3 Å². The molecule has 2 rings (SSSR count). The summed E-state index contributed by atoms with van der Waals surface area (Å²) in [5.74, 6) is 0. The van der Waals surface area contributed by atoms with Crippen LogP contribution in [0.5, 0.6) is 0 Å². The highest BCUT2D eigenvalue weighted by Crippen LogP contribution is 2.31. The topological polar surface area (TPSA) is 38.5 Å². The van der Waals surface area contributed by atoms with Crippen LogP contribution in [-0.4, -0.2) is 25.3 Å². The fourth-order valence-corrected chi connectivity index (χ4v) is 3.04. The molecule has 1 fully saturated rings. The SMILES string of the molecule is CCC1COC(C)CN1c1ccc(CN)cc1Br. The monoisotopic (exact) mass is 312 g/mol. The summed E-state index contributed by atoms with van der Waals surface area (Å²) in [7, 11) is 0. The summed E-state index contributed by atoms with van der Waals surface area (Å²) < 4.78 is 6.86. The molecular formula is C14H21BrN2O. The van der Waals surface area contributed by atoms with E-state index in [4.69, 9.17) is 10.5 Å². The number of anilines is 1. The summed E-state index contributed by atoms with van der Waals surface area (Å²) in [6, 6.07) is 6.84. The molecule has 4 heteroatoms. The van der Waals surface area contributed by atoms with Crippen molar-refractivity contribution in [1.82, 2.24) is 0 Å². The Balaban J connectivity index is 2.27. The van der Waals surface area contributed by atoms with Gasteiger partial charge in [-0.1, -0.05) is 13.0 Å². The van der Waals surface area contributed by atoms with Gasteiger partial charge < -0.3 is 15.4 Å². The Morgan fingerprint density at radius 3 is 2.89 bits per heavy atom. The third-order valence-electron chi connectivity index (χ3n) is 3.50. The Labute approximate surface area is 117 Å². The van der Waals surface area contributed by atoms with Gasteiger partial charge in [0.2, 0.25) is 0 Å². The highest BCUT2D eigenvalue weighted by Gasteiger charge is 2.26. The predicted octanol–water partition coefficient (Wildman–Crippen LogP) is 2.91. The molecule has 0 amide bonds. The van der Waals surface area contributed by atoms with Crippen molar-refractivity contribution in [1.29, 1.82) is 0 Å². The lowest BCUT2D eigenvalue weighted by Gasteiger charge is -2.40. The van der Waals surface area contributed by atoms with Crippen LogP contribution < -0.4 is 10.6 Å². The Morgan fingerprint density at radius 1 is 1.50 bits per heavy atom. The van der Waals surface area contributed by atoms with Crippen LogP contribution in [0.1, 0.15) is 25.8 Å². The largest absolute Gasteiger partial charge is 0.375 e. The van der Waals surface area contributed by atoms with E-state index < -0.39 is 0 Å². The lowest BCUT2D eigenvalue weighted by atomic mass is 10.1. The molecule has 0 spiro atoms. The summed E-state index contributed by atoms with van der Waals surface area (Å²) in [6.45, 7) is 6.66. The Bertz CT molecular complexity index is 411. The van der Waals surface area contributed by atoms with Crippen molar-refractivity contribution in [2.45, 2.75) is 39.0 Å². The molecule has 0 bridgehead atoms. The summed E-state index contributed by atoms with van der Waals surface area (Å²) in [5, 5.41) is 0. The number of nitrogens with zero attached hydrogens (tertiary/aromatic N) is 1. The first-order valence-corrected chi connectivity index (χ1v) is 7.31. The van der Waals surface area contributed by atoms with E-state index >= 15 is 0 Å². The maximum absolute atomic E-state index is 5.74. The molecule has 2 N–H and O–H groups in total. The molecule has 1 saturated heterocycles. The zero-order chi connectivity index (χ0) is 13.1. The van der Waals surface area contributed by atoms with Crippen LogP contribution in [0.15, 0.2) is 22.7 Å². The molecule has 0 radical (unpaired) electrons. The standard InChI is InChI=1S/C14H21BrN2O/c1-3-12-9-18-10(2)8-17(12)14-5-4-11(7-16)6-13(14)15/h4-6,10,12H,3,7-9,16H2,1-2H3. The fourth-order valence-electron chi connectivity index (χ4n) is 2.39. The van der Waals surface area contributed by atoms with Gasteiger partial charge in [-0.2, -0.15) is 0 Å². The fraction of sp³-hybridized carbons (Fsp3) is 0.571. The highest BCUT2D eigenvalue weighted by molar-refractivity contribution is 9.10. The average Bonchev–Trinajstić information content (AvgIpc) is 2.38. The van der Waals surface area contributed by atoms with Crippen molar-refractivity contribution < 1.29 is 4.74 Å². The maximum Gasteiger partial charge on any atom is 0.0723 e. The third-order valence-corrected chi connectivity index (χ3v) is 4.13. The van der Waals surface area contributed by atoms with E-state index in [-0.39, 0.29) is 6.10 Å². The van der Waals surface area contributed by atoms with Gasteiger partial charge in [0.05, 0.1) is 24.4 Å². The van der Waals surface area contributed by atoms with Crippen LogP contribution >= 0.6 is 15.9 Å². The van der Waals surface area contributed by atoms with Gasteiger partial charge in [-0.25, -0.2) is 0 Å². The van der Waals surface area contributed by atoms with Crippen LogP contribution in [0.4, 0.5) is 5.69 Å². The number of hydrogen-bond donors (Lipinski definition) is 1. The molecule has 100 valence electrons. The van der Waals surface area contributed by atoms with Gasteiger partial charge >= 0.3 is 0 Å². The minimum absolute atomic E-state index is 0.286. The number of ether oxygens (including phenoxy) is 1. The zero-order valence-electron chi connectivity index (χ0n) is 11.0. The minimum Gasteiger partial charge on any atom is -0.375 e. The summed E-state index contributed by atoms with van der Waals surface area (Å²) >= 11 is 3.66. The first-order valence-electron chi connectivity index (χ1n) is 6.52. The van der Waals surface area contributed by atoms with Crippen molar-refractivity contribution in [3.05, 3.63) is 28.2 Å². The quantitative estimate of drug-likeness (QED) is 0.932. The second-order valence-electron chi connectivity index (χ2n) is 4.85. The number of morpholine rings is 1. The third kappa shape index (κ3) is 2.87. The van der Waals surface area contributed by atoms with Gasteiger partial charge in [0, 0.05) is 17.6 Å². The molecule has 0 saturated carbocycles. The van der Waals surface area contributed by atoms with E-state index in [1.807, 2.05) is 0 Å². The van der Waals surface area contributed by atoms with E-state index in [1.165, 1.54) is 5.69 Å². The van der Waals surface area contributed by atoms with Gasteiger partial charge in [-0.05, 0) is 47.0 Å². The minimum atomic E-state index is 0.286. The van der Waals surface area contributed by atoms with Gasteiger partial charge in [0.25, 0.3) is 0 Å². The lowest BCUT2D eigenvalue weighted by molar-refractivity contribution is 0.0299. The van der Waals surface area contributed by atoms with Crippen LogP contribution in [0, 0.1) is 0 Å². The van der Waals surface area contributed by atoms with Crippen molar-refractivity contribution in [2.24, 2.45) is 5.73 Å². The molecule has 0 aromatic heterocycles. The number of benzene rings is 1. The number of halogens is 1. The summed E-state index contributed by atoms with van der Waals surface area (Å²) in [5.41, 5.74) is 8.07. The van der Waals surface area contributed by atoms with E-state index in [2.05, 4.69) is 52.9 Å². The van der Waals surface area contributed by atoms with Gasteiger partial charge in [-0.15, -0.1) is 0 Å². The molecule has 1 heterocycles. The van der Waals surface area contributed by atoms with Crippen LogP contribution in [0.3, 0.4) is 0 Å². The molecule has 18 heavy (non-hydrogen) atoms. The molecule has 3 nitrogen and oxygen atoms in total. The summed E-state index contributed by atoms with van der Waals surface area (Å²) in [6.07, 6.45) is 1.38. The average molecular weight is 313 g/mol. The van der Waals surface area contributed by atoms with Crippen molar-refractivity contribution in [3.8, 4) is 0 Å². The van der Waals surface area contributed by atoms with E-state index in [0.717, 1.165) is 29.6 Å². The molecular weight excluding hydrogens is 292 g/mol. The van der Waals surface area contributed by atoms with Crippen molar-refractivity contribution in [2.75, 3.05) is 18.1 Å². The Morgan fingerprint density at radius 2 is 2.28 bits per heavy atom. The molecule has 1 aliphatic rings. The second kappa shape index (κ2) is 6.04.